The van der Waals surface area contributed by atoms with Gasteiger partial charge in [-0.1, -0.05) is 49.4 Å². The van der Waals surface area contributed by atoms with Gasteiger partial charge in [0.05, 0.1) is 6.54 Å². The van der Waals surface area contributed by atoms with Crippen molar-refractivity contribution in [2.45, 2.75) is 19.5 Å². The number of hydrogen-bond acceptors (Lipinski definition) is 1. The molecule has 110 valence electrons. The highest BCUT2D eigenvalue weighted by atomic mass is 19.1. The number of nitrogens with zero attached hydrogens (tertiary/aromatic N) is 1. The number of aliphatic imine (C=N–C) groups is 1. The third kappa shape index (κ3) is 4.60. The summed E-state index contributed by atoms with van der Waals surface area (Å²) >= 11 is 0. The average Bonchev–Trinajstić information content (AvgIpc) is 2.53. The van der Waals surface area contributed by atoms with Gasteiger partial charge in [0.15, 0.2) is 5.96 Å². The molecule has 0 aliphatic carbocycles. The maximum atomic E-state index is 14.0. The number of benzene rings is 2. The molecular formula is C17H20FN3. The lowest BCUT2D eigenvalue weighted by Crippen LogP contribution is -2.23. The minimum atomic E-state index is -1.14. The predicted octanol–water partition coefficient (Wildman–Crippen LogP) is 3.69. The third-order valence-electron chi connectivity index (χ3n) is 3.19. The molecule has 0 bridgehead atoms. The van der Waals surface area contributed by atoms with E-state index in [4.69, 9.17) is 5.73 Å². The molecule has 0 aliphatic rings. The van der Waals surface area contributed by atoms with Crippen molar-refractivity contribution in [1.82, 2.24) is 0 Å². The molecule has 1 unspecified atom stereocenters. The highest BCUT2D eigenvalue weighted by Crippen LogP contribution is 2.17. The Morgan fingerprint density at radius 1 is 1.19 bits per heavy atom. The Morgan fingerprint density at radius 2 is 1.95 bits per heavy atom. The van der Waals surface area contributed by atoms with Crippen LogP contribution in [0.4, 0.5) is 10.1 Å². The first-order chi connectivity index (χ1) is 10.2. The molecule has 21 heavy (non-hydrogen) atoms. The fourth-order valence-electron chi connectivity index (χ4n) is 2.00. The van der Waals surface area contributed by atoms with Gasteiger partial charge in [0.2, 0.25) is 0 Å². The van der Waals surface area contributed by atoms with E-state index >= 15 is 0 Å². The molecule has 2 rings (SSSR count). The van der Waals surface area contributed by atoms with Crippen molar-refractivity contribution in [2.75, 3.05) is 11.9 Å². The number of nitrogens with two attached hydrogens (primary N) is 1. The second-order valence-electron chi connectivity index (χ2n) is 4.78. The van der Waals surface area contributed by atoms with Gasteiger partial charge in [-0.3, -0.25) is 0 Å². The Bertz CT molecular complexity index is 596. The van der Waals surface area contributed by atoms with Crippen LogP contribution in [0.1, 0.15) is 24.2 Å². The minimum absolute atomic E-state index is 0.0102. The van der Waals surface area contributed by atoms with Crippen LogP contribution in [0.3, 0.4) is 0 Å². The molecule has 0 heterocycles. The molecule has 0 spiro atoms. The normalized spacial score (nSPS) is 13.0. The van der Waals surface area contributed by atoms with Crippen molar-refractivity contribution in [3.8, 4) is 0 Å². The largest absolute Gasteiger partial charge is 0.370 e. The summed E-state index contributed by atoms with van der Waals surface area (Å²) in [5, 5.41) is 2.98. The average molecular weight is 285 g/mol. The standard InChI is InChI=1S/C17H20FN3/c1-2-13-7-6-10-15(11-13)21-17(19)20-12-16(18)14-8-4-3-5-9-14/h3-11,16H,2,12H2,1H3,(H3,19,20,21). The van der Waals surface area contributed by atoms with E-state index in [9.17, 15) is 4.39 Å². The maximum Gasteiger partial charge on any atom is 0.193 e. The van der Waals surface area contributed by atoms with Crippen molar-refractivity contribution in [1.29, 1.82) is 0 Å². The Kier molecular flexibility index (Phi) is 5.32. The van der Waals surface area contributed by atoms with Gasteiger partial charge in [0.25, 0.3) is 0 Å². The molecule has 2 aromatic rings. The molecule has 2 aromatic carbocycles. The highest BCUT2D eigenvalue weighted by Gasteiger charge is 2.08. The monoisotopic (exact) mass is 285 g/mol. The molecule has 1 atom stereocenters. The Morgan fingerprint density at radius 3 is 2.67 bits per heavy atom. The smallest absolute Gasteiger partial charge is 0.193 e. The first-order valence-corrected chi connectivity index (χ1v) is 7.04. The predicted molar refractivity (Wildman–Crippen MR) is 86.2 cm³/mol. The SMILES string of the molecule is CCc1cccc(NC(N)=NCC(F)c2ccccc2)c1. The van der Waals surface area contributed by atoms with E-state index in [0.717, 1.165) is 12.1 Å². The number of rotatable bonds is 5. The topological polar surface area (TPSA) is 50.4 Å². The van der Waals surface area contributed by atoms with E-state index in [-0.39, 0.29) is 12.5 Å². The first kappa shape index (κ1) is 15.0. The van der Waals surface area contributed by atoms with Gasteiger partial charge < -0.3 is 11.1 Å². The number of guanidine groups is 1. The first-order valence-electron chi connectivity index (χ1n) is 7.04. The number of hydrogen-bond donors (Lipinski definition) is 2. The molecule has 0 saturated heterocycles. The minimum Gasteiger partial charge on any atom is -0.370 e. The zero-order valence-corrected chi connectivity index (χ0v) is 12.1. The Balaban J connectivity index is 1.95. The molecular weight excluding hydrogens is 265 g/mol. The molecule has 0 fully saturated rings. The molecule has 0 radical (unpaired) electrons. The van der Waals surface area contributed by atoms with Gasteiger partial charge in [0, 0.05) is 5.69 Å². The molecule has 0 amide bonds. The fourth-order valence-corrected chi connectivity index (χ4v) is 2.00. The number of nitrogens with one attached hydrogen (secondary N) is 1. The quantitative estimate of drug-likeness (QED) is 0.650. The number of aryl methyl sites for hydroxylation is 1. The maximum absolute atomic E-state index is 14.0. The van der Waals surface area contributed by atoms with E-state index in [2.05, 4.69) is 17.2 Å². The number of anilines is 1. The van der Waals surface area contributed by atoms with Crippen molar-refractivity contribution in [3.63, 3.8) is 0 Å². The molecule has 3 nitrogen and oxygen atoms in total. The van der Waals surface area contributed by atoms with Crippen LogP contribution in [-0.2, 0) is 6.42 Å². The van der Waals surface area contributed by atoms with Crippen LogP contribution in [0.15, 0.2) is 59.6 Å². The van der Waals surface area contributed by atoms with Gasteiger partial charge >= 0.3 is 0 Å². The fraction of sp³-hybridized carbons (Fsp3) is 0.235. The summed E-state index contributed by atoms with van der Waals surface area (Å²) in [6.45, 7) is 2.10. The van der Waals surface area contributed by atoms with Crippen molar-refractivity contribution in [2.24, 2.45) is 10.7 Å². The lowest BCUT2D eigenvalue weighted by molar-refractivity contribution is 0.353. The van der Waals surface area contributed by atoms with Crippen LogP contribution in [0.5, 0.6) is 0 Å². The molecule has 0 aliphatic heterocycles. The van der Waals surface area contributed by atoms with Crippen LogP contribution < -0.4 is 11.1 Å². The molecule has 3 N–H and O–H groups in total. The second kappa shape index (κ2) is 7.43. The van der Waals surface area contributed by atoms with E-state index in [1.165, 1.54) is 5.56 Å². The van der Waals surface area contributed by atoms with Gasteiger partial charge in [-0.15, -0.1) is 0 Å². The summed E-state index contributed by atoms with van der Waals surface area (Å²) in [6.07, 6.45) is -0.193. The van der Waals surface area contributed by atoms with Crippen molar-refractivity contribution >= 4 is 11.6 Å². The zero-order chi connectivity index (χ0) is 15.1. The van der Waals surface area contributed by atoms with Gasteiger partial charge in [-0.2, -0.15) is 0 Å². The molecule has 0 aromatic heterocycles. The third-order valence-corrected chi connectivity index (χ3v) is 3.19. The summed E-state index contributed by atoms with van der Waals surface area (Å²) in [6, 6.07) is 16.9. The van der Waals surface area contributed by atoms with Crippen LogP contribution in [0, 0.1) is 0 Å². The van der Waals surface area contributed by atoms with Crippen LogP contribution >= 0.6 is 0 Å². The summed E-state index contributed by atoms with van der Waals surface area (Å²) in [5.41, 5.74) is 8.48. The van der Waals surface area contributed by atoms with E-state index < -0.39 is 6.17 Å². The van der Waals surface area contributed by atoms with Crippen LogP contribution in [0.2, 0.25) is 0 Å². The number of alkyl halides is 1. The van der Waals surface area contributed by atoms with Gasteiger partial charge in [-0.25, -0.2) is 9.38 Å². The lowest BCUT2D eigenvalue weighted by atomic mass is 10.1. The van der Waals surface area contributed by atoms with Gasteiger partial charge in [-0.05, 0) is 29.7 Å². The van der Waals surface area contributed by atoms with Gasteiger partial charge in [0.1, 0.15) is 6.17 Å². The number of halogens is 1. The molecule has 4 heteroatoms. The van der Waals surface area contributed by atoms with Crippen molar-refractivity contribution < 1.29 is 4.39 Å². The summed E-state index contributed by atoms with van der Waals surface area (Å²) in [4.78, 5) is 4.06. The Labute approximate surface area is 124 Å². The Hall–Kier alpha value is -2.36. The zero-order valence-electron chi connectivity index (χ0n) is 12.1. The summed E-state index contributed by atoms with van der Waals surface area (Å²) in [7, 11) is 0. The van der Waals surface area contributed by atoms with E-state index in [1.807, 2.05) is 42.5 Å². The van der Waals surface area contributed by atoms with Crippen LogP contribution in [-0.4, -0.2) is 12.5 Å². The van der Waals surface area contributed by atoms with Crippen LogP contribution in [0.25, 0.3) is 0 Å². The highest BCUT2D eigenvalue weighted by molar-refractivity contribution is 5.92. The molecule has 0 saturated carbocycles. The van der Waals surface area contributed by atoms with Crippen molar-refractivity contribution in [3.05, 3.63) is 65.7 Å². The summed E-state index contributed by atoms with van der Waals surface area (Å²) in [5.74, 6) is 0.224. The van der Waals surface area contributed by atoms with E-state index in [0.29, 0.717) is 5.56 Å². The van der Waals surface area contributed by atoms with E-state index in [1.54, 1.807) is 12.1 Å². The lowest BCUT2D eigenvalue weighted by Gasteiger charge is -2.09. The summed E-state index contributed by atoms with van der Waals surface area (Å²) < 4.78 is 14.0. The second-order valence-corrected chi connectivity index (χ2v) is 4.78.